The standard InChI is InChI=1S/C17H12BrClF3N3O3/c1-8-14(15(25-24-8)17(20,21)22)23-16(26)13-5-3-10(28-13)7-27-12-4-2-9(18)6-11(12)19/h2-6H,7H2,1H3,(H,23,26)(H,24,25). The molecule has 0 bridgehead atoms. The molecule has 0 spiro atoms. The number of carbonyl (C=O) groups excluding carboxylic acids is 1. The number of nitrogens with zero attached hydrogens (tertiary/aromatic N) is 1. The molecule has 11 heteroatoms. The number of ether oxygens (including phenoxy) is 1. The number of nitrogens with one attached hydrogen (secondary N) is 2. The maximum atomic E-state index is 13.0. The maximum Gasteiger partial charge on any atom is 0.437 e. The number of anilines is 1. The number of furan rings is 1. The number of amides is 1. The van der Waals surface area contributed by atoms with Crippen LogP contribution in [0.15, 0.2) is 39.2 Å². The lowest BCUT2D eigenvalue weighted by molar-refractivity contribution is -0.140. The van der Waals surface area contributed by atoms with Crippen LogP contribution in [0.25, 0.3) is 0 Å². The summed E-state index contributed by atoms with van der Waals surface area (Å²) in [7, 11) is 0. The minimum Gasteiger partial charge on any atom is -0.484 e. The van der Waals surface area contributed by atoms with Crippen molar-refractivity contribution in [3.63, 3.8) is 0 Å². The first-order chi connectivity index (χ1) is 13.1. The average Bonchev–Trinajstić information content (AvgIpc) is 3.21. The Bertz CT molecular complexity index is 1020. The van der Waals surface area contributed by atoms with Crippen LogP contribution in [0.3, 0.4) is 0 Å². The molecule has 0 radical (unpaired) electrons. The Kier molecular flexibility index (Phi) is 5.71. The van der Waals surface area contributed by atoms with Gasteiger partial charge >= 0.3 is 6.18 Å². The van der Waals surface area contributed by atoms with Gasteiger partial charge in [0, 0.05) is 4.47 Å². The van der Waals surface area contributed by atoms with Gasteiger partial charge in [0.05, 0.1) is 16.4 Å². The van der Waals surface area contributed by atoms with Crippen LogP contribution < -0.4 is 10.1 Å². The van der Waals surface area contributed by atoms with Gasteiger partial charge in [-0.2, -0.15) is 18.3 Å². The number of H-pyrrole nitrogens is 1. The Morgan fingerprint density at radius 3 is 2.79 bits per heavy atom. The summed E-state index contributed by atoms with van der Waals surface area (Å²) in [6.07, 6.45) is -4.71. The Labute approximate surface area is 170 Å². The molecule has 148 valence electrons. The number of halogens is 5. The fourth-order valence-electron chi connectivity index (χ4n) is 2.28. The number of carbonyl (C=O) groups is 1. The molecule has 0 aliphatic rings. The van der Waals surface area contributed by atoms with Crippen LogP contribution in [-0.2, 0) is 12.8 Å². The summed E-state index contributed by atoms with van der Waals surface area (Å²) < 4.78 is 50.5. The smallest absolute Gasteiger partial charge is 0.437 e. The van der Waals surface area contributed by atoms with Crippen molar-refractivity contribution >= 4 is 39.1 Å². The first-order valence-electron chi connectivity index (χ1n) is 7.75. The van der Waals surface area contributed by atoms with Gasteiger partial charge in [0.2, 0.25) is 0 Å². The van der Waals surface area contributed by atoms with Crippen LogP contribution in [0.2, 0.25) is 5.02 Å². The summed E-state index contributed by atoms with van der Waals surface area (Å²) in [5, 5.41) is 7.94. The van der Waals surface area contributed by atoms with Gasteiger partial charge in [-0.05, 0) is 37.3 Å². The molecule has 1 amide bonds. The van der Waals surface area contributed by atoms with E-state index in [-0.39, 0.29) is 18.1 Å². The molecule has 0 atom stereocenters. The molecule has 0 saturated carbocycles. The second kappa shape index (κ2) is 7.88. The van der Waals surface area contributed by atoms with E-state index in [1.54, 1.807) is 18.2 Å². The number of rotatable bonds is 5. The molecule has 28 heavy (non-hydrogen) atoms. The zero-order valence-electron chi connectivity index (χ0n) is 14.2. The number of benzene rings is 1. The number of hydrogen-bond donors (Lipinski definition) is 2. The van der Waals surface area contributed by atoms with Crippen LogP contribution in [0.1, 0.15) is 27.7 Å². The molecule has 0 aliphatic heterocycles. The lowest BCUT2D eigenvalue weighted by Crippen LogP contribution is -2.16. The fraction of sp³-hybridized carbons (Fsp3) is 0.176. The predicted molar refractivity (Wildman–Crippen MR) is 98.5 cm³/mol. The van der Waals surface area contributed by atoms with Crippen molar-refractivity contribution in [3.05, 3.63) is 62.7 Å². The number of aromatic nitrogens is 2. The summed E-state index contributed by atoms with van der Waals surface area (Å²) in [6.45, 7) is 1.34. The number of aromatic amines is 1. The summed E-state index contributed by atoms with van der Waals surface area (Å²) in [5.74, 6) is -0.308. The van der Waals surface area contributed by atoms with E-state index in [4.69, 9.17) is 20.8 Å². The Morgan fingerprint density at radius 1 is 1.36 bits per heavy atom. The van der Waals surface area contributed by atoms with Crippen molar-refractivity contribution in [1.82, 2.24) is 10.2 Å². The molecule has 0 aliphatic carbocycles. The minimum atomic E-state index is -4.71. The third kappa shape index (κ3) is 4.50. The molecule has 3 rings (SSSR count). The lowest BCUT2D eigenvalue weighted by atomic mass is 10.2. The summed E-state index contributed by atoms with van der Waals surface area (Å²) in [4.78, 5) is 12.2. The van der Waals surface area contributed by atoms with Crippen LogP contribution in [0.4, 0.5) is 18.9 Å². The van der Waals surface area contributed by atoms with Gasteiger partial charge in [0.25, 0.3) is 5.91 Å². The van der Waals surface area contributed by atoms with Crippen molar-refractivity contribution in [2.24, 2.45) is 0 Å². The normalized spacial score (nSPS) is 11.5. The molecule has 6 nitrogen and oxygen atoms in total. The van der Waals surface area contributed by atoms with Crippen molar-refractivity contribution in [3.8, 4) is 5.75 Å². The molecule has 3 aromatic rings. The zero-order chi connectivity index (χ0) is 20.5. The molecular formula is C17H12BrClF3N3O3. The van der Waals surface area contributed by atoms with E-state index < -0.39 is 23.5 Å². The van der Waals surface area contributed by atoms with Gasteiger partial charge in [0.15, 0.2) is 11.5 Å². The fourth-order valence-corrected chi connectivity index (χ4v) is 3.01. The number of aryl methyl sites for hydroxylation is 1. The predicted octanol–water partition coefficient (Wildman–Crippen LogP) is 5.58. The van der Waals surface area contributed by atoms with Gasteiger partial charge in [-0.25, -0.2) is 0 Å². The monoisotopic (exact) mass is 477 g/mol. The van der Waals surface area contributed by atoms with Crippen molar-refractivity contribution in [2.75, 3.05) is 5.32 Å². The van der Waals surface area contributed by atoms with E-state index in [1.165, 1.54) is 19.1 Å². The third-order valence-corrected chi connectivity index (χ3v) is 4.39. The van der Waals surface area contributed by atoms with Crippen LogP contribution in [0, 0.1) is 6.92 Å². The summed E-state index contributed by atoms with van der Waals surface area (Å²) in [5.41, 5.74) is -1.59. The molecular weight excluding hydrogens is 467 g/mol. The summed E-state index contributed by atoms with van der Waals surface area (Å²) >= 11 is 9.32. The minimum absolute atomic E-state index is 0.0207. The highest BCUT2D eigenvalue weighted by molar-refractivity contribution is 9.10. The van der Waals surface area contributed by atoms with E-state index in [2.05, 4.69) is 31.4 Å². The second-order valence-electron chi connectivity index (χ2n) is 5.65. The largest absolute Gasteiger partial charge is 0.484 e. The lowest BCUT2D eigenvalue weighted by Gasteiger charge is -2.08. The van der Waals surface area contributed by atoms with Crippen molar-refractivity contribution in [1.29, 1.82) is 0 Å². The molecule has 2 aromatic heterocycles. The van der Waals surface area contributed by atoms with Gasteiger partial charge in [0.1, 0.15) is 18.1 Å². The van der Waals surface area contributed by atoms with E-state index in [0.717, 1.165) is 4.47 Å². The zero-order valence-corrected chi connectivity index (χ0v) is 16.5. The molecule has 0 saturated heterocycles. The highest BCUT2D eigenvalue weighted by Crippen LogP contribution is 2.35. The van der Waals surface area contributed by atoms with Crippen molar-refractivity contribution in [2.45, 2.75) is 19.7 Å². The SMILES string of the molecule is Cc1[nH]nc(C(F)(F)F)c1NC(=O)c1ccc(COc2ccc(Br)cc2Cl)o1. The summed E-state index contributed by atoms with van der Waals surface area (Å²) in [6, 6.07) is 7.87. The average molecular weight is 479 g/mol. The molecule has 0 unspecified atom stereocenters. The Balaban J connectivity index is 1.69. The Hall–Kier alpha value is -2.46. The number of hydrogen-bond acceptors (Lipinski definition) is 4. The Morgan fingerprint density at radius 2 is 2.11 bits per heavy atom. The van der Waals surface area contributed by atoms with Crippen LogP contribution in [-0.4, -0.2) is 16.1 Å². The number of alkyl halides is 3. The third-order valence-electron chi connectivity index (χ3n) is 3.60. The van der Waals surface area contributed by atoms with E-state index >= 15 is 0 Å². The topological polar surface area (TPSA) is 80.2 Å². The van der Waals surface area contributed by atoms with Gasteiger partial charge in [-0.3, -0.25) is 9.89 Å². The second-order valence-corrected chi connectivity index (χ2v) is 6.98. The van der Waals surface area contributed by atoms with Gasteiger partial charge < -0.3 is 14.5 Å². The van der Waals surface area contributed by atoms with Gasteiger partial charge in [-0.15, -0.1) is 0 Å². The highest BCUT2D eigenvalue weighted by Gasteiger charge is 2.38. The first kappa shape index (κ1) is 20.3. The molecule has 2 N–H and O–H groups in total. The van der Waals surface area contributed by atoms with Crippen LogP contribution >= 0.6 is 27.5 Å². The van der Waals surface area contributed by atoms with E-state index in [9.17, 15) is 18.0 Å². The molecule has 0 fully saturated rings. The molecule has 1 aromatic carbocycles. The van der Waals surface area contributed by atoms with E-state index in [0.29, 0.717) is 16.5 Å². The molecule has 2 heterocycles. The maximum absolute atomic E-state index is 13.0. The van der Waals surface area contributed by atoms with Crippen molar-refractivity contribution < 1.29 is 27.1 Å². The van der Waals surface area contributed by atoms with Crippen LogP contribution in [0.5, 0.6) is 5.75 Å². The quantitative estimate of drug-likeness (QED) is 0.502. The first-order valence-corrected chi connectivity index (χ1v) is 8.92. The van der Waals surface area contributed by atoms with Gasteiger partial charge in [-0.1, -0.05) is 27.5 Å². The highest BCUT2D eigenvalue weighted by atomic mass is 79.9. The van der Waals surface area contributed by atoms with E-state index in [1.807, 2.05) is 0 Å².